The number of hydrogen-bond acceptors (Lipinski definition) is 2. The molecule has 64 valence electrons. The minimum atomic E-state index is -0.509. The molecule has 1 rings (SSSR count). The molecule has 1 aromatic rings. The molecule has 0 spiro atoms. The zero-order valence-corrected chi connectivity index (χ0v) is 10.4. The van der Waals surface area contributed by atoms with Gasteiger partial charge in [0.1, 0.15) is 5.75 Å². The fourth-order valence-electron chi connectivity index (χ4n) is 0.644. The van der Waals surface area contributed by atoms with E-state index in [1.165, 1.54) is 0 Å². The molecule has 5 heteroatoms. The van der Waals surface area contributed by atoms with Crippen LogP contribution >= 0.6 is 47.8 Å². The molecule has 1 aromatic carbocycles. The largest absolute Gasteiger partial charge is 0.417 e. The van der Waals surface area contributed by atoms with Crippen LogP contribution in [0.2, 0.25) is 0 Å². The van der Waals surface area contributed by atoms with Crippen LogP contribution in [0.4, 0.5) is 4.79 Å². The Morgan fingerprint density at radius 1 is 1.33 bits per heavy atom. The van der Waals surface area contributed by atoms with E-state index in [1.807, 2.05) is 0 Å². The van der Waals surface area contributed by atoms with Gasteiger partial charge in [0.05, 0.1) is 4.47 Å². The normalized spacial score (nSPS) is 9.58. The Balaban J connectivity index is 2.93. The minimum absolute atomic E-state index is 0.486. The van der Waals surface area contributed by atoms with Crippen LogP contribution in [0.1, 0.15) is 0 Å². The molecule has 0 fully saturated rings. The van der Waals surface area contributed by atoms with E-state index in [2.05, 4.69) is 47.8 Å². The van der Waals surface area contributed by atoms with E-state index in [1.54, 1.807) is 18.2 Å². The number of rotatable bonds is 1. The highest BCUT2D eigenvalue weighted by atomic mass is 79.9. The number of carbonyl (C=O) groups excluding carboxylic acids is 1. The molecule has 0 amide bonds. The molecule has 0 aromatic heterocycles. The summed E-state index contributed by atoms with van der Waals surface area (Å²) in [7, 11) is 0. The summed E-state index contributed by atoms with van der Waals surface area (Å²) >= 11 is 9.20. The summed E-state index contributed by atoms with van der Waals surface area (Å²) in [5.74, 6) is 0.486. The van der Waals surface area contributed by atoms with E-state index < -0.39 is 4.88 Å². The Hall–Kier alpha value is 0.130. The number of halogens is 3. The molecule has 0 aliphatic rings. The number of hydrogen-bond donors (Lipinski definition) is 0. The summed E-state index contributed by atoms with van der Waals surface area (Å²) in [6, 6.07) is 5.27. The molecule has 0 heterocycles. The summed E-state index contributed by atoms with van der Waals surface area (Å²) < 4.78 is 6.46. The molecule has 0 unspecified atom stereocenters. The monoisotopic (exact) mass is 356 g/mol. The molecule has 2 nitrogen and oxygen atoms in total. The molecule has 0 atom stereocenters. The maximum Gasteiger partial charge on any atom is 0.380 e. The molecular weight excluding hydrogens is 356 g/mol. The lowest BCUT2D eigenvalue weighted by Crippen LogP contribution is -1.95. The van der Waals surface area contributed by atoms with Crippen molar-refractivity contribution in [2.75, 3.05) is 0 Å². The highest BCUT2D eigenvalue weighted by Gasteiger charge is 2.04. The first kappa shape index (κ1) is 10.2. The van der Waals surface area contributed by atoms with Gasteiger partial charge in [-0.2, -0.15) is 0 Å². The van der Waals surface area contributed by atoms with Gasteiger partial charge in [-0.05, 0) is 34.1 Å². The van der Waals surface area contributed by atoms with Crippen LogP contribution < -0.4 is 4.74 Å². The van der Waals surface area contributed by atoms with Gasteiger partial charge in [-0.1, -0.05) is 15.9 Å². The molecular formula is C7H3Br3O2. The average molecular weight is 359 g/mol. The van der Waals surface area contributed by atoms with E-state index >= 15 is 0 Å². The van der Waals surface area contributed by atoms with Crippen LogP contribution in [-0.2, 0) is 0 Å². The lowest BCUT2D eigenvalue weighted by atomic mass is 10.3. The Bertz CT molecular complexity index is 312. The number of benzene rings is 1. The van der Waals surface area contributed by atoms with E-state index in [0.717, 1.165) is 8.95 Å². The van der Waals surface area contributed by atoms with E-state index in [-0.39, 0.29) is 0 Å². The third kappa shape index (κ3) is 2.88. The smallest absolute Gasteiger partial charge is 0.380 e. The first-order valence-electron chi connectivity index (χ1n) is 2.92. The summed E-state index contributed by atoms with van der Waals surface area (Å²) in [5, 5.41) is 0. The molecule has 12 heavy (non-hydrogen) atoms. The summed E-state index contributed by atoms with van der Waals surface area (Å²) in [4.78, 5) is 10.0. The van der Waals surface area contributed by atoms with Crippen molar-refractivity contribution < 1.29 is 9.53 Å². The highest BCUT2D eigenvalue weighted by molar-refractivity contribution is 9.18. The molecule has 0 radical (unpaired) electrons. The second kappa shape index (κ2) is 4.39. The van der Waals surface area contributed by atoms with Gasteiger partial charge in [0.15, 0.2) is 0 Å². The van der Waals surface area contributed by atoms with Crippen molar-refractivity contribution in [1.82, 2.24) is 0 Å². The SMILES string of the molecule is O=C(Br)Oc1ccc(Br)cc1Br. The molecule has 0 aliphatic carbocycles. The average Bonchev–Trinajstić information content (AvgIpc) is 1.94. The molecule has 0 saturated carbocycles. The lowest BCUT2D eigenvalue weighted by Gasteiger charge is -2.02. The van der Waals surface area contributed by atoms with Crippen LogP contribution in [0.5, 0.6) is 5.75 Å². The Labute approximate surface area is 94.7 Å². The predicted octanol–water partition coefficient (Wildman–Crippen LogP) is 4.11. The standard InChI is InChI=1S/C7H3Br3O2/c8-4-1-2-6(5(9)3-4)12-7(10)11/h1-3H. The molecule has 0 bridgehead atoms. The van der Waals surface area contributed by atoms with Gasteiger partial charge in [0, 0.05) is 20.4 Å². The van der Waals surface area contributed by atoms with Gasteiger partial charge in [-0.15, -0.1) is 0 Å². The van der Waals surface area contributed by atoms with Crippen LogP contribution in [0, 0.1) is 0 Å². The Kier molecular flexibility index (Phi) is 3.74. The molecule has 0 saturated heterocycles. The first-order valence-corrected chi connectivity index (χ1v) is 5.30. The van der Waals surface area contributed by atoms with Gasteiger partial charge < -0.3 is 4.74 Å². The third-order valence-corrected chi connectivity index (χ3v) is 2.36. The van der Waals surface area contributed by atoms with Gasteiger partial charge in [0.25, 0.3) is 0 Å². The van der Waals surface area contributed by atoms with Crippen molar-refractivity contribution in [2.24, 2.45) is 0 Å². The van der Waals surface area contributed by atoms with Crippen molar-refractivity contribution in [3.63, 3.8) is 0 Å². The summed E-state index contributed by atoms with van der Waals surface area (Å²) in [6.07, 6.45) is 0. The zero-order chi connectivity index (χ0) is 9.14. The topological polar surface area (TPSA) is 26.3 Å². The summed E-state index contributed by atoms with van der Waals surface area (Å²) in [5.41, 5.74) is 0. The number of carbonyl (C=O) groups is 1. The van der Waals surface area contributed by atoms with E-state index in [0.29, 0.717) is 5.75 Å². The second-order valence-corrected chi connectivity index (χ2v) is 4.33. The predicted molar refractivity (Wildman–Crippen MR) is 56.8 cm³/mol. The molecule has 0 aliphatic heterocycles. The van der Waals surface area contributed by atoms with Crippen molar-refractivity contribution >= 4 is 52.7 Å². The highest BCUT2D eigenvalue weighted by Crippen LogP contribution is 2.28. The minimum Gasteiger partial charge on any atom is -0.417 e. The fourth-order valence-corrected chi connectivity index (χ4v) is 1.95. The third-order valence-electron chi connectivity index (χ3n) is 1.08. The van der Waals surface area contributed by atoms with Crippen molar-refractivity contribution in [2.45, 2.75) is 0 Å². The Morgan fingerprint density at radius 2 is 2.00 bits per heavy atom. The second-order valence-electron chi connectivity index (χ2n) is 1.91. The van der Waals surface area contributed by atoms with Crippen molar-refractivity contribution in [3.8, 4) is 5.75 Å². The Morgan fingerprint density at radius 3 is 2.50 bits per heavy atom. The summed E-state index contributed by atoms with van der Waals surface area (Å²) in [6.45, 7) is 0. The van der Waals surface area contributed by atoms with Gasteiger partial charge in [-0.25, -0.2) is 4.79 Å². The van der Waals surface area contributed by atoms with Crippen LogP contribution in [-0.4, -0.2) is 4.88 Å². The zero-order valence-electron chi connectivity index (χ0n) is 5.68. The number of ether oxygens (including phenoxy) is 1. The maximum atomic E-state index is 10.5. The van der Waals surface area contributed by atoms with E-state index in [4.69, 9.17) is 4.74 Å². The van der Waals surface area contributed by atoms with Gasteiger partial charge in [0.2, 0.25) is 0 Å². The van der Waals surface area contributed by atoms with Gasteiger partial charge in [-0.3, -0.25) is 0 Å². The van der Waals surface area contributed by atoms with Crippen LogP contribution in [0.3, 0.4) is 0 Å². The lowest BCUT2D eigenvalue weighted by molar-refractivity contribution is 0.228. The van der Waals surface area contributed by atoms with E-state index in [9.17, 15) is 4.79 Å². The van der Waals surface area contributed by atoms with Crippen LogP contribution in [0.15, 0.2) is 27.1 Å². The van der Waals surface area contributed by atoms with Gasteiger partial charge >= 0.3 is 4.88 Å². The van der Waals surface area contributed by atoms with Crippen molar-refractivity contribution in [1.29, 1.82) is 0 Å². The fraction of sp³-hybridized carbons (Fsp3) is 0. The first-order chi connectivity index (χ1) is 5.59. The molecule has 0 N–H and O–H groups in total. The van der Waals surface area contributed by atoms with Crippen LogP contribution in [0.25, 0.3) is 0 Å². The quantitative estimate of drug-likeness (QED) is 0.706. The maximum absolute atomic E-state index is 10.5. The van der Waals surface area contributed by atoms with Crippen molar-refractivity contribution in [3.05, 3.63) is 27.1 Å².